The zero-order valence-corrected chi connectivity index (χ0v) is 13.3. The lowest BCUT2D eigenvalue weighted by Crippen LogP contribution is -2.46. The molecule has 1 amide bonds. The molecule has 0 atom stereocenters. The SMILES string of the molecule is CCc1nc2cc(NCCOC(=O)N3CCNCC3)ccc2o1. The van der Waals surface area contributed by atoms with Crippen molar-refractivity contribution < 1.29 is 13.9 Å². The fourth-order valence-corrected chi connectivity index (χ4v) is 2.51. The second-order valence-corrected chi connectivity index (χ2v) is 5.42. The molecule has 7 heteroatoms. The first-order valence-corrected chi connectivity index (χ1v) is 8.02. The predicted molar refractivity (Wildman–Crippen MR) is 87.7 cm³/mol. The van der Waals surface area contributed by atoms with Gasteiger partial charge in [-0.25, -0.2) is 9.78 Å². The van der Waals surface area contributed by atoms with Gasteiger partial charge in [0.05, 0.1) is 0 Å². The molecule has 1 aliphatic heterocycles. The lowest BCUT2D eigenvalue weighted by molar-refractivity contribution is 0.101. The minimum absolute atomic E-state index is 0.243. The number of fused-ring (bicyclic) bond motifs is 1. The molecule has 0 unspecified atom stereocenters. The summed E-state index contributed by atoms with van der Waals surface area (Å²) in [5.41, 5.74) is 2.56. The first-order valence-electron chi connectivity index (χ1n) is 8.02. The van der Waals surface area contributed by atoms with E-state index in [-0.39, 0.29) is 6.09 Å². The van der Waals surface area contributed by atoms with Crippen LogP contribution in [0.15, 0.2) is 22.6 Å². The van der Waals surface area contributed by atoms with Crippen LogP contribution in [0.3, 0.4) is 0 Å². The number of aromatic nitrogens is 1. The van der Waals surface area contributed by atoms with E-state index in [1.54, 1.807) is 4.90 Å². The van der Waals surface area contributed by atoms with E-state index in [0.29, 0.717) is 26.2 Å². The topological polar surface area (TPSA) is 79.6 Å². The number of ether oxygens (including phenoxy) is 1. The van der Waals surface area contributed by atoms with E-state index >= 15 is 0 Å². The normalized spacial score (nSPS) is 14.9. The summed E-state index contributed by atoms with van der Waals surface area (Å²) in [7, 11) is 0. The van der Waals surface area contributed by atoms with Crippen LogP contribution in [0.5, 0.6) is 0 Å². The number of oxazole rings is 1. The van der Waals surface area contributed by atoms with Crippen LogP contribution in [-0.2, 0) is 11.2 Å². The lowest BCUT2D eigenvalue weighted by atomic mass is 10.3. The van der Waals surface area contributed by atoms with E-state index < -0.39 is 0 Å². The van der Waals surface area contributed by atoms with Gasteiger partial charge in [0, 0.05) is 44.8 Å². The van der Waals surface area contributed by atoms with Gasteiger partial charge in [-0.05, 0) is 18.2 Å². The van der Waals surface area contributed by atoms with Crippen LogP contribution in [0.4, 0.5) is 10.5 Å². The molecule has 0 saturated carbocycles. The van der Waals surface area contributed by atoms with Crippen molar-refractivity contribution in [2.75, 3.05) is 44.6 Å². The number of benzene rings is 1. The average Bonchev–Trinajstić information content (AvgIpc) is 3.01. The number of piperazine rings is 1. The number of nitrogens with one attached hydrogen (secondary N) is 2. The molecule has 0 spiro atoms. The number of hydrogen-bond acceptors (Lipinski definition) is 6. The third-order valence-electron chi connectivity index (χ3n) is 3.77. The highest BCUT2D eigenvalue weighted by Crippen LogP contribution is 2.20. The molecule has 1 aromatic heterocycles. The fraction of sp³-hybridized carbons (Fsp3) is 0.500. The summed E-state index contributed by atoms with van der Waals surface area (Å²) in [4.78, 5) is 18.0. The Kier molecular flexibility index (Phi) is 4.97. The van der Waals surface area contributed by atoms with Crippen LogP contribution in [-0.4, -0.2) is 55.3 Å². The van der Waals surface area contributed by atoms with Crippen LogP contribution >= 0.6 is 0 Å². The Balaban J connectivity index is 1.45. The summed E-state index contributed by atoms with van der Waals surface area (Å²) in [6, 6.07) is 5.78. The molecule has 3 rings (SSSR count). The van der Waals surface area contributed by atoms with Crippen molar-refractivity contribution in [3.05, 3.63) is 24.1 Å². The van der Waals surface area contributed by atoms with Gasteiger partial charge in [0.15, 0.2) is 11.5 Å². The molecule has 0 bridgehead atoms. The van der Waals surface area contributed by atoms with E-state index in [0.717, 1.165) is 42.2 Å². The monoisotopic (exact) mass is 318 g/mol. The second kappa shape index (κ2) is 7.32. The van der Waals surface area contributed by atoms with Crippen LogP contribution < -0.4 is 10.6 Å². The first kappa shape index (κ1) is 15.6. The highest BCUT2D eigenvalue weighted by atomic mass is 16.6. The molecule has 2 heterocycles. The van der Waals surface area contributed by atoms with Gasteiger partial charge in [-0.3, -0.25) is 0 Å². The summed E-state index contributed by atoms with van der Waals surface area (Å²) in [5, 5.41) is 6.44. The standard InChI is InChI=1S/C16H22N4O3/c1-2-15-19-13-11-12(3-4-14(13)23-15)18-7-10-22-16(21)20-8-5-17-6-9-20/h3-4,11,17-18H,2,5-10H2,1H3. The van der Waals surface area contributed by atoms with Crippen molar-refractivity contribution in [1.29, 1.82) is 0 Å². The van der Waals surface area contributed by atoms with E-state index in [4.69, 9.17) is 9.15 Å². The highest BCUT2D eigenvalue weighted by Gasteiger charge is 2.16. The number of rotatable bonds is 5. The number of nitrogens with zero attached hydrogens (tertiary/aromatic N) is 2. The molecule has 1 fully saturated rings. The summed E-state index contributed by atoms with van der Waals surface area (Å²) in [5.74, 6) is 0.738. The van der Waals surface area contributed by atoms with Crippen molar-refractivity contribution >= 4 is 22.9 Å². The Hall–Kier alpha value is -2.28. The van der Waals surface area contributed by atoms with Crippen molar-refractivity contribution in [1.82, 2.24) is 15.2 Å². The summed E-state index contributed by atoms with van der Waals surface area (Å²) in [6.07, 6.45) is 0.534. The Morgan fingerprint density at radius 2 is 2.26 bits per heavy atom. The number of anilines is 1. The quantitative estimate of drug-likeness (QED) is 0.819. The van der Waals surface area contributed by atoms with Crippen molar-refractivity contribution in [3.63, 3.8) is 0 Å². The smallest absolute Gasteiger partial charge is 0.409 e. The molecule has 23 heavy (non-hydrogen) atoms. The van der Waals surface area contributed by atoms with Gasteiger partial charge in [0.25, 0.3) is 0 Å². The Labute approximate surface area is 135 Å². The Bertz CT molecular complexity index is 664. The summed E-state index contributed by atoms with van der Waals surface area (Å²) < 4.78 is 10.9. The highest BCUT2D eigenvalue weighted by molar-refractivity contribution is 5.77. The Morgan fingerprint density at radius 1 is 1.43 bits per heavy atom. The van der Waals surface area contributed by atoms with Crippen LogP contribution in [0.1, 0.15) is 12.8 Å². The van der Waals surface area contributed by atoms with Gasteiger partial charge in [-0.2, -0.15) is 0 Å². The molecule has 1 aliphatic rings. The van der Waals surface area contributed by atoms with E-state index in [9.17, 15) is 4.79 Å². The largest absolute Gasteiger partial charge is 0.448 e. The molecular formula is C16H22N4O3. The van der Waals surface area contributed by atoms with Crippen molar-refractivity contribution in [2.45, 2.75) is 13.3 Å². The molecule has 2 aromatic rings. The predicted octanol–water partition coefficient (Wildman–Crippen LogP) is 1.84. The van der Waals surface area contributed by atoms with Crippen LogP contribution in [0.2, 0.25) is 0 Å². The van der Waals surface area contributed by atoms with Gasteiger partial charge >= 0.3 is 6.09 Å². The van der Waals surface area contributed by atoms with Gasteiger partial charge in [-0.1, -0.05) is 6.92 Å². The molecular weight excluding hydrogens is 296 g/mol. The first-order chi connectivity index (χ1) is 11.3. The maximum atomic E-state index is 11.8. The third kappa shape index (κ3) is 3.92. The second-order valence-electron chi connectivity index (χ2n) is 5.42. The molecule has 0 aliphatic carbocycles. The van der Waals surface area contributed by atoms with Crippen molar-refractivity contribution in [3.8, 4) is 0 Å². The number of carbonyl (C=O) groups is 1. The van der Waals surface area contributed by atoms with Crippen molar-refractivity contribution in [2.24, 2.45) is 0 Å². The van der Waals surface area contributed by atoms with Crippen LogP contribution in [0, 0.1) is 0 Å². The maximum Gasteiger partial charge on any atom is 0.409 e. The lowest BCUT2D eigenvalue weighted by Gasteiger charge is -2.26. The Morgan fingerprint density at radius 3 is 3.04 bits per heavy atom. The van der Waals surface area contributed by atoms with E-state index in [1.807, 2.05) is 25.1 Å². The van der Waals surface area contributed by atoms with Gasteiger partial charge in [-0.15, -0.1) is 0 Å². The van der Waals surface area contributed by atoms with Gasteiger partial charge in [0.1, 0.15) is 12.1 Å². The summed E-state index contributed by atoms with van der Waals surface area (Å²) in [6.45, 7) is 5.96. The zero-order valence-electron chi connectivity index (χ0n) is 13.3. The maximum absolute atomic E-state index is 11.8. The molecule has 1 saturated heterocycles. The molecule has 0 radical (unpaired) electrons. The molecule has 7 nitrogen and oxygen atoms in total. The molecule has 2 N–H and O–H groups in total. The van der Waals surface area contributed by atoms with Gasteiger partial charge < -0.3 is 24.7 Å². The number of aryl methyl sites for hydroxylation is 1. The average molecular weight is 318 g/mol. The van der Waals surface area contributed by atoms with E-state index in [1.165, 1.54) is 0 Å². The third-order valence-corrected chi connectivity index (χ3v) is 3.77. The minimum Gasteiger partial charge on any atom is -0.448 e. The number of amides is 1. The fourth-order valence-electron chi connectivity index (χ4n) is 2.51. The molecule has 124 valence electrons. The summed E-state index contributed by atoms with van der Waals surface area (Å²) >= 11 is 0. The van der Waals surface area contributed by atoms with E-state index in [2.05, 4.69) is 15.6 Å². The zero-order chi connectivity index (χ0) is 16.1. The number of carbonyl (C=O) groups excluding carboxylic acids is 1. The number of hydrogen-bond donors (Lipinski definition) is 2. The van der Waals surface area contributed by atoms with Gasteiger partial charge in [0.2, 0.25) is 0 Å². The van der Waals surface area contributed by atoms with Crippen LogP contribution in [0.25, 0.3) is 11.1 Å². The molecule has 1 aromatic carbocycles. The minimum atomic E-state index is -0.243.